The second-order valence-corrected chi connectivity index (χ2v) is 7.68. The van der Waals surface area contributed by atoms with Gasteiger partial charge < -0.3 is 14.8 Å². The van der Waals surface area contributed by atoms with E-state index in [0.717, 1.165) is 27.4 Å². The van der Waals surface area contributed by atoms with Crippen molar-refractivity contribution in [1.29, 1.82) is 0 Å². The van der Waals surface area contributed by atoms with Gasteiger partial charge in [0.15, 0.2) is 0 Å². The molecule has 5 nitrogen and oxygen atoms in total. The van der Waals surface area contributed by atoms with Gasteiger partial charge in [-0.15, -0.1) is 11.3 Å². The zero-order valence-electron chi connectivity index (χ0n) is 17.3. The Labute approximate surface area is 185 Å². The Hall–Kier alpha value is -3.64. The summed E-state index contributed by atoms with van der Waals surface area (Å²) in [6, 6.07) is 23.5. The summed E-state index contributed by atoms with van der Waals surface area (Å²) in [6.45, 7) is 0.396. The standard InChI is InChI=1S/C25H22N2O3S/c1-29-21-9-6-10-22(30-2)23(21)24(28)26-15-17-11-13-19(14-12-17)25-27-20(16-31-25)18-7-4-3-5-8-18/h3-14,16H,15H2,1-2H3,(H,26,28). The van der Waals surface area contributed by atoms with Gasteiger partial charge in [-0.05, 0) is 17.7 Å². The van der Waals surface area contributed by atoms with Crippen molar-refractivity contribution in [1.82, 2.24) is 10.3 Å². The van der Waals surface area contributed by atoms with E-state index in [1.54, 1.807) is 29.5 Å². The quantitative estimate of drug-likeness (QED) is 0.425. The van der Waals surface area contributed by atoms with Gasteiger partial charge in [-0.2, -0.15) is 0 Å². The first kappa shape index (κ1) is 20.6. The van der Waals surface area contributed by atoms with Crippen LogP contribution in [-0.4, -0.2) is 25.1 Å². The molecule has 0 aliphatic carbocycles. The molecule has 0 spiro atoms. The third-order valence-electron chi connectivity index (χ3n) is 4.88. The lowest BCUT2D eigenvalue weighted by Crippen LogP contribution is -2.24. The number of nitrogens with zero attached hydrogens (tertiary/aromatic N) is 1. The first-order valence-corrected chi connectivity index (χ1v) is 10.7. The van der Waals surface area contributed by atoms with Gasteiger partial charge in [-0.25, -0.2) is 4.98 Å². The summed E-state index contributed by atoms with van der Waals surface area (Å²) in [7, 11) is 3.07. The van der Waals surface area contributed by atoms with Gasteiger partial charge in [-0.1, -0.05) is 60.7 Å². The largest absolute Gasteiger partial charge is 0.496 e. The number of amides is 1. The van der Waals surface area contributed by atoms with Gasteiger partial charge in [0.05, 0.1) is 19.9 Å². The average Bonchev–Trinajstić information content (AvgIpc) is 3.33. The van der Waals surface area contributed by atoms with E-state index in [2.05, 4.69) is 22.8 Å². The van der Waals surface area contributed by atoms with E-state index in [4.69, 9.17) is 14.5 Å². The van der Waals surface area contributed by atoms with Gasteiger partial charge in [0.25, 0.3) is 5.91 Å². The fourth-order valence-electron chi connectivity index (χ4n) is 3.26. The van der Waals surface area contributed by atoms with Crippen LogP contribution >= 0.6 is 11.3 Å². The molecule has 1 heterocycles. The number of thiazole rings is 1. The van der Waals surface area contributed by atoms with Crippen molar-refractivity contribution in [3.8, 4) is 33.3 Å². The number of nitrogens with one attached hydrogen (secondary N) is 1. The molecule has 3 aromatic carbocycles. The van der Waals surface area contributed by atoms with E-state index < -0.39 is 0 Å². The summed E-state index contributed by atoms with van der Waals surface area (Å²) in [5.74, 6) is 0.709. The zero-order valence-corrected chi connectivity index (χ0v) is 18.1. The van der Waals surface area contributed by atoms with Gasteiger partial charge in [-0.3, -0.25) is 4.79 Å². The molecule has 1 aromatic heterocycles. The lowest BCUT2D eigenvalue weighted by atomic mass is 10.1. The molecule has 4 rings (SSSR count). The predicted octanol–water partition coefficient (Wildman–Crippen LogP) is 5.42. The first-order chi connectivity index (χ1) is 15.2. The van der Waals surface area contributed by atoms with Gasteiger partial charge in [0.2, 0.25) is 0 Å². The Morgan fingerprint density at radius 1 is 0.871 bits per heavy atom. The summed E-state index contributed by atoms with van der Waals surface area (Å²) in [5, 5.41) is 5.97. The van der Waals surface area contributed by atoms with Crippen molar-refractivity contribution in [3.05, 3.63) is 89.3 Å². The van der Waals surface area contributed by atoms with Crippen LogP contribution in [0.15, 0.2) is 78.2 Å². The van der Waals surface area contributed by atoms with Crippen LogP contribution < -0.4 is 14.8 Å². The summed E-state index contributed by atoms with van der Waals surface area (Å²) in [5.41, 5.74) is 4.51. The summed E-state index contributed by atoms with van der Waals surface area (Å²) < 4.78 is 10.6. The summed E-state index contributed by atoms with van der Waals surface area (Å²) in [6.07, 6.45) is 0. The number of carbonyl (C=O) groups excluding carboxylic acids is 1. The number of methoxy groups -OCH3 is 2. The molecule has 0 bridgehead atoms. The third-order valence-corrected chi connectivity index (χ3v) is 5.77. The van der Waals surface area contributed by atoms with Crippen molar-refractivity contribution in [2.45, 2.75) is 6.54 Å². The number of ether oxygens (including phenoxy) is 2. The smallest absolute Gasteiger partial charge is 0.259 e. The predicted molar refractivity (Wildman–Crippen MR) is 124 cm³/mol. The van der Waals surface area contributed by atoms with E-state index in [-0.39, 0.29) is 5.91 Å². The molecule has 0 saturated carbocycles. The van der Waals surface area contributed by atoms with Gasteiger partial charge >= 0.3 is 0 Å². The molecule has 156 valence electrons. The highest BCUT2D eigenvalue weighted by atomic mass is 32.1. The highest BCUT2D eigenvalue weighted by Gasteiger charge is 2.17. The fraction of sp³-hybridized carbons (Fsp3) is 0.120. The minimum atomic E-state index is -0.245. The zero-order chi connectivity index (χ0) is 21.6. The van der Waals surface area contributed by atoms with Crippen LogP contribution in [0.25, 0.3) is 21.8 Å². The topological polar surface area (TPSA) is 60.5 Å². The second-order valence-electron chi connectivity index (χ2n) is 6.82. The minimum Gasteiger partial charge on any atom is -0.496 e. The Morgan fingerprint density at radius 2 is 1.55 bits per heavy atom. The summed E-state index contributed by atoms with van der Waals surface area (Å²) in [4.78, 5) is 17.5. The number of rotatable bonds is 7. The third kappa shape index (κ3) is 4.59. The Bertz CT molecular complexity index is 1150. The number of hydrogen-bond donors (Lipinski definition) is 1. The van der Waals surface area contributed by atoms with Crippen molar-refractivity contribution >= 4 is 17.2 Å². The maximum Gasteiger partial charge on any atom is 0.259 e. The summed E-state index contributed by atoms with van der Waals surface area (Å²) >= 11 is 1.62. The average molecular weight is 431 g/mol. The molecule has 0 fully saturated rings. The van der Waals surface area contributed by atoms with Crippen LogP contribution in [-0.2, 0) is 6.54 Å². The molecule has 6 heteroatoms. The molecule has 1 amide bonds. The Balaban J connectivity index is 1.44. The highest BCUT2D eigenvalue weighted by molar-refractivity contribution is 7.13. The van der Waals surface area contributed by atoms with E-state index in [1.165, 1.54) is 14.2 Å². The van der Waals surface area contributed by atoms with Crippen molar-refractivity contribution in [3.63, 3.8) is 0 Å². The fourth-order valence-corrected chi connectivity index (χ4v) is 4.09. The van der Waals surface area contributed by atoms with Crippen molar-refractivity contribution < 1.29 is 14.3 Å². The van der Waals surface area contributed by atoms with E-state index in [9.17, 15) is 4.79 Å². The minimum absolute atomic E-state index is 0.245. The number of benzene rings is 3. The SMILES string of the molecule is COc1cccc(OC)c1C(=O)NCc1ccc(-c2nc(-c3ccccc3)cs2)cc1. The van der Waals surface area contributed by atoms with Gasteiger partial charge in [0.1, 0.15) is 22.1 Å². The Kier molecular flexibility index (Phi) is 6.29. The number of hydrogen-bond acceptors (Lipinski definition) is 5. The molecule has 0 unspecified atom stereocenters. The molecule has 0 aliphatic rings. The first-order valence-electron chi connectivity index (χ1n) is 9.79. The van der Waals surface area contributed by atoms with Crippen molar-refractivity contribution in [2.75, 3.05) is 14.2 Å². The molecule has 31 heavy (non-hydrogen) atoms. The Morgan fingerprint density at radius 3 is 2.19 bits per heavy atom. The van der Waals surface area contributed by atoms with E-state index in [1.807, 2.05) is 42.5 Å². The van der Waals surface area contributed by atoms with E-state index in [0.29, 0.717) is 23.6 Å². The maximum atomic E-state index is 12.7. The van der Waals surface area contributed by atoms with Crippen LogP contribution in [0.2, 0.25) is 0 Å². The van der Waals surface area contributed by atoms with Crippen LogP contribution in [0.3, 0.4) is 0 Å². The molecule has 0 aliphatic heterocycles. The molecule has 1 N–H and O–H groups in total. The number of carbonyl (C=O) groups is 1. The van der Waals surface area contributed by atoms with Gasteiger partial charge in [0, 0.05) is 23.1 Å². The van der Waals surface area contributed by atoms with Crippen molar-refractivity contribution in [2.24, 2.45) is 0 Å². The lowest BCUT2D eigenvalue weighted by Gasteiger charge is -2.13. The number of aromatic nitrogens is 1. The molecular weight excluding hydrogens is 408 g/mol. The highest BCUT2D eigenvalue weighted by Crippen LogP contribution is 2.30. The molecule has 0 atom stereocenters. The normalized spacial score (nSPS) is 10.5. The van der Waals surface area contributed by atoms with Crippen LogP contribution in [0, 0.1) is 0 Å². The molecular formula is C25H22N2O3S. The lowest BCUT2D eigenvalue weighted by molar-refractivity contribution is 0.0944. The monoisotopic (exact) mass is 430 g/mol. The van der Waals surface area contributed by atoms with E-state index >= 15 is 0 Å². The molecule has 0 radical (unpaired) electrons. The molecule has 4 aromatic rings. The van der Waals surface area contributed by atoms with Crippen LogP contribution in [0.1, 0.15) is 15.9 Å². The second kappa shape index (κ2) is 9.45. The maximum absolute atomic E-state index is 12.7. The van der Waals surface area contributed by atoms with Crippen LogP contribution in [0.5, 0.6) is 11.5 Å². The molecule has 0 saturated heterocycles. The van der Waals surface area contributed by atoms with Crippen LogP contribution in [0.4, 0.5) is 0 Å².